The van der Waals surface area contributed by atoms with Crippen LogP contribution in [0.15, 0.2) is 48.6 Å². The molecule has 236 valence electrons. The summed E-state index contributed by atoms with van der Waals surface area (Å²) in [6.45, 7) is 2.45. The topological polar surface area (TPSA) is 134 Å². The van der Waals surface area contributed by atoms with E-state index in [1.54, 1.807) is 43.3 Å². The van der Waals surface area contributed by atoms with Crippen LogP contribution in [0.3, 0.4) is 0 Å². The zero-order valence-electron chi connectivity index (χ0n) is 25.5. The molecule has 4 atom stereocenters. The third-order valence-electron chi connectivity index (χ3n) is 8.98. The number of nitrogens with zero attached hydrogens (tertiary/aromatic N) is 4. The Hall–Kier alpha value is -4.74. The molecule has 0 spiro atoms. The first-order valence-corrected chi connectivity index (χ1v) is 15.1. The molecule has 11 nitrogen and oxygen atoms in total. The number of halogens is 1. The van der Waals surface area contributed by atoms with Crippen molar-refractivity contribution in [3.8, 4) is 23.0 Å². The Morgan fingerprint density at radius 2 is 2.00 bits per heavy atom. The van der Waals surface area contributed by atoms with Gasteiger partial charge in [-0.25, -0.2) is 19.0 Å². The molecule has 6 rings (SSSR count). The summed E-state index contributed by atoms with van der Waals surface area (Å²) >= 11 is 0. The minimum absolute atomic E-state index is 0.0839. The molecule has 45 heavy (non-hydrogen) atoms. The Bertz CT molecular complexity index is 1700. The van der Waals surface area contributed by atoms with E-state index >= 15 is 0 Å². The number of nitrogens with one attached hydrogen (secondary N) is 1. The summed E-state index contributed by atoms with van der Waals surface area (Å²) in [6.07, 6.45) is 5.99. The molecule has 1 aromatic heterocycles. The Morgan fingerprint density at radius 3 is 2.76 bits per heavy atom. The van der Waals surface area contributed by atoms with Crippen molar-refractivity contribution in [2.24, 2.45) is 5.92 Å². The number of fused-ring (bicyclic) bond motifs is 3. The number of benzene rings is 2. The fourth-order valence-electron chi connectivity index (χ4n) is 6.31. The molecule has 1 saturated carbocycles. The van der Waals surface area contributed by atoms with Crippen LogP contribution in [0, 0.1) is 18.7 Å². The van der Waals surface area contributed by atoms with E-state index in [0.29, 0.717) is 35.2 Å². The van der Waals surface area contributed by atoms with Crippen molar-refractivity contribution < 1.29 is 33.4 Å². The number of aliphatic carboxylic acids is 1. The molecule has 2 aromatic carbocycles. The van der Waals surface area contributed by atoms with Crippen molar-refractivity contribution >= 4 is 28.8 Å². The van der Waals surface area contributed by atoms with Crippen LogP contribution in [0.5, 0.6) is 11.6 Å². The molecule has 0 unspecified atom stereocenters. The molecular weight excluding hydrogens is 581 g/mol. The van der Waals surface area contributed by atoms with Crippen molar-refractivity contribution in [2.75, 3.05) is 27.2 Å². The summed E-state index contributed by atoms with van der Waals surface area (Å²) in [5, 5.41) is 13.4. The van der Waals surface area contributed by atoms with E-state index in [1.165, 1.54) is 17.0 Å². The fourth-order valence-corrected chi connectivity index (χ4v) is 6.31. The minimum Gasteiger partial charge on any atom is -0.496 e. The van der Waals surface area contributed by atoms with Gasteiger partial charge < -0.3 is 29.7 Å². The number of hydrogen-bond acceptors (Lipinski definition) is 7. The van der Waals surface area contributed by atoms with Crippen molar-refractivity contribution in [3.63, 3.8) is 0 Å². The van der Waals surface area contributed by atoms with Crippen LogP contribution in [-0.2, 0) is 9.59 Å². The molecule has 3 heterocycles. The van der Waals surface area contributed by atoms with Crippen molar-refractivity contribution in [1.82, 2.24) is 25.1 Å². The number of amides is 3. The standard InChI is InChI=1S/C33H36FN5O6/c1-19-26(44-3)13-12-24-27(19)35-28(20-9-8-11-22(34)15-20)36-30(24)45-23-16-25-29(40)37-33(31(41)42)17-21(33)10-6-4-5-7-14-38(2)32(43)39(25)18-23/h6,8-13,15,21,23,25H,4-5,7,14,16-18H2,1-3H3,(H,37,40)(H,41,42)/b10-6-/t21-,23-,25+,33-/m1/s1. The summed E-state index contributed by atoms with van der Waals surface area (Å²) in [5.41, 5.74) is 0.360. The van der Waals surface area contributed by atoms with E-state index in [2.05, 4.69) is 10.3 Å². The molecule has 2 fully saturated rings. The summed E-state index contributed by atoms with van der Waals surface area (Å²) in [4.78, 5) is 52.1. The van der Waals surface area contributed by atoms with Gasteiger partial charge in [0.15, 0.2) is 5.82 Å². The highest BCUT2D eigenvalue weighted by molar-refractivity contribution is 5.95. The predicted octanol–water partition coefficient (Wildman–Crippen LogP) is 4.33. The first kappa shape index (κ1) is 30.3. The predicted molar refractivity (Wildman–Crippen MR) is 163 cm³/mol. The molecule has 3 aromatic rings. The van der Waals surface area contributed by atoms with Crippen LogP contribution in [0.1, 0.15) is 37.7 Å². The molecule has 3 amide bonds. The molecule has 1 saturated heterocycles. The van der Waals surface area contributed by atoms with Crippen LogP contribution in [0.4, 0.5) is 9.18 Å². The highest BCUT2D eigenvalue weighted by atomic mass is 19.1. The highest BCUT2D eigenvalue weighted by Crippen LogP contribution is 2.45. The van der Waals surface area contributed by atoms with E-state index in [9.17, 15) is 23.9 Å². The van der Waals surface area contributed by atoms with E-state index in [1.807, 2.05) is 19.1 Å². The number of aromatic nitrogens is 2. The van der Waals surface area contributed by atoms with Crippen LogP contribution in [0.2, 0.25) is 0 Å². The maximum atomic E-state index is 14.2. The first-order chi connectivity index (χ1) is 21.6. The average Bonchev–Trinajstić information content (AvgIpc) is 3.56. The maximum absolute atomic E-state index is 14.2. The van der Waals surface area contributed by atoms with Crippen LogP contribution >= 0.6 is 0 Å². The SMILES string of the molecule is COc1ccc2c(O[C@@H]3C[C@H]4C(=O)N[C@]5(C(=O)O)C[C@H]5/C=C\CCCCN(C)C(=O)N4C3)nc(-c3cccc(F)c3)nc2c1C. The molecule has 0 radical (unpaired) electrons. The Morgan fingerprint density at radius 1 is 1.18 bits per heavy atom. The van der Waals surface area contributed by atoms with Gasteiger partial charge in [0.2, 0.25) is 11.8 Å². The summed E-state index contributed by atoms with van der Waals surface area (Å²) < 4.78 is 26.1. The third-order valence-corrected chi connectivity index (χ3v) is 8.98. The van der Waals surface area contributed by atoms with Gasteiger partial charge in [0, 0.05) is 37.1 Å². The molecule has 3 aliphatic rings. The van der Waals surface area contributed by atoms with Gasteiger partial charge in [0.1, 0.15) is 29.3 Å². The van der Waals surface area contributed by atoms with Gasteiger partial charge >= 0.3 is 12.0 Å². The number of ether oxygens (including phenoxy) is 2. The van der Waals surface area contributed by atoms with Crippen LogP contribution < -0.4 is 14.8 Å². The second kappa shape index (κ2) is 12.0. The summed E-state index contributed by atoms with van der Waals surface area (Å²) in [6, 6.07) is 8.22. The molecular formula is C33H36FN5O6. The minimum atomic E-state index is -1.39. The lowest BCUT2D eigenvalue weighted by Crippen LogP contribution is -2.54. The van der Waals surface area contributed by atoms with Gasteiger partial charge in [0.25, 0.3) is 0 Å². The molecule has 1 aliphatic carbocycles. The second-order valence-electron chi connectivity index (χ2n) is 12.0. The fraction of sp³-hybridized carbons (Fsp3) is 0.424. The highest BCUT2D eigenvalue weighted by Gasteiger charge is 2.61. The maximum Gasteiger partial charge on any atom is 0.330 e. The molecule has 0 bridgehead atoms. The number of methoxy groups -OCH3 is 1. The Balaban J connectivity index is 1.35. The monoisotopic (exact) mass is 617 g/mol. The van der Waals surface area contributed by atoms with Gasteiger partial charge in [-0.15, -0.1) is 0 Å². The zero-order valence-corrected chi connectivity index (χ0v) is 25.5. The average molecular weight is 618 g/mol. The van der Waals surface area contributed by atoms with E-state index in [0.717, 1.165) is 24.8 Å². The quantitative estimate of drug-likeness (QED) is 0.405. The van der Waals surface area contributed by atoms with Gasteiger partial charge in [0.05, 0.1) is 24.6 Å². The number of aryl methyl sites for hydroxylation is 1. The summed E-state index contributed by atoms with van der Waals surface area (Å²) in [5.74, 6) is -1.30. The number of rotatable bonds is 5. The molecule has 12 heteroatoms. The largest absolute Gasteiger partial charge is 0.496 e. The van der Waals surface area contributed by atoms with E-state index < -0.39 is 35.4 Å². The van der Waals surface area contributed by atoms with Crippen LogP contribution in [-0.4, -0.2) is 87.7 Å². The van der Waals surface area contributed by atoms with Gasteiger partial charge in [-0.3, -0.25) is 4.79 Å². The second-order valence-corrected chi connectivity index (χ2v) is 12.0. The smallest absolute Gasteiger partial charge is 0.330 e. The van der Waals surface area contributed by atoms with Gasteiger partial charge in [-0.1, -0.05) is 24.3 Å². The Kier molecular flexibility index (Phi) is 8.07. The van der Waals surface area contributed by atoms with E-state index in [4.69, 9.17) is 14.5 Å². The number of allylic oxidation sites excluding steroid dienone is 1. The van der Waals surface area contributed by atoms with E-state index in [-0.39, 0.29) is 36.6 Å². The number of carboxylic acid groups (broad SMARTS) is 1. The number of hydrogen-bond donors (Lipinski definition) is 2. The van der Waals surface area contributed by atoms with Crippen LogP contribution in [0.25, 0.3) is 22.3 Å². The molecule has 2 aliphatic heterocycles. The Labute approximate surface area is 260 Å². The lowest BCUT2D eigenvalue weighted by molar-refractivity contribution is -0.144. The number of carboxylic acids is 1. The van der Waals surface area contributed by atoms with Gasteiger partial charge in [-0.2, -0.15) is 4.98 Å². The number of carbonyl (C=O) groups is 3. The van der Waals surface area contributed by atoms with Crippen molar-refractivity contribution in [2.45, 2.75) is 56.7 Å². The zero-order chi connectivity index (χ0) is 31.9. The lowest BCUT2D eigenvalue weighted by atomic mass is 10.1. The normalized spacial score (nSPS) is 26.0. The van der Waals surface area contributed by atoms with Crippen molar-refractivity contribution in [3.05, 3.63) is 59.9 Å². The van der Waals surface area contributed by atoms with Gasteiger partial charge in [-0.05, 0) is 56.9 Å². The third kappa shape index (κ3) is 5.76. The summed E-state index contributed by atoms with van der Waals surface area (Å²) in [7, 11) is 3.26. The lowest BCUT2D eigenvalue weighted by Gasteiger charge is -2.29. The molecule has 2 N–H and O–H groups in total. The number of urea groups is 1. The first-order valence-electron chi connectivity index (χ1n) is 15.1. The van der Waals surface area contributed by atoms with Crippen molar-refractivity contribution in [1.29, 1.82) is 0 Å². The number of carbonyl (C=O) groups excluding carboxylic acids is 2.